The van der Waals surface area contributed by atoms with E-state index >= 15 is 0 Å². The van der Waals surface area contributed by atoms with Gasteiger partial charge in [-0.25, -0.2) is 0 Å². The first kappa shape index (κ1) is 20.5. The van der Waals surface area contributed by atoms with Crippen molar-refractivity contribution in [3.8, 4) is 0 Å². The molecule has 0 radical (unpaired) electrons. The summed E-state index contributed by atoms with van der Waals surface area (Å²) in [5.74, 6) is 0. The molecule has 0 amide bonds. The SMILES string of the molecule is CO[Si](c1ccccc1)(c1ccccc1)[Si](OC)(c1ccccc1)c1ccccc1. The second-order valence-electron chi connectivity index (χ2n) is 7.23. The van der Waals surface area contributed by atoms with Gasteiger partial charge in [0.15, 0.2) is 0 Å². The van der Waals surface area contributed by atoms with Crippen LogP contribution in [0, 0.1) is 0 Å². The second kappa shape index (κ2) is 8.94. The Bertz CT molecular complexity index is 887. The van der Waals surface area contributed by atoms with Gasteiger partial charge >= 0.3 is 0 Å². The molecule has 0 aliphatic carbocycles. The molecule has 0 aliphatic heterocycles. The van der Waals surface area contributed by atoms with Gasteiger partial charge in [-0.1, -0.05) is 121 Å². The highest BCUT2D eigenvalue weighted by molar-refractivity contribution is 7.55. The Labute approximate surface area is 180 Å². The highest BCUT2D eigenvalue weighted by Gasteiger charge is 2.63. The van der Waals surface area contributed by atoms with Crippen LogP contribution in [0.5, 0.6) is 0 Å². The zero-order valence-corrected chi connectivity index (χ0v) is 19.4. The van der Waals surface area contributed by atoms with E-state index in [-0.39, 0.29) is 0 Å². The lowest BCUT2D eigenvalue weighted by Gasteiger charge is -2.45. The molecule has 0 aromatic heterocycles. The smallest absolute Gasteiger partial charge is 0.282 e. The van der Waals surface area contributed by atoms with E-state index in [1.807, 2.05) is 14.2 Å². The molecule has 0 saturated carbocycles. The second-order valence-corrected chi connectivity index (χ2v) is 17.3. The van der Waals surface area contributed by atoms with E-state index in [9.17, 15) is 0 Å². The highest BCUT2D eigenvalue weighted by Crippen LogP contribution is 2.22. The molecule has 150 valence electrons. The van der Waals surface area contributed by atoms with Gasteiger partial charge in [0.2, 0.25) is 0 Å². The van der Waals surface area contributed by atoms with Gasteiger partial charge in [0.25, 0.3) is 15.7 Å². The van der Waals surface area contributed by atoms with Gasteiger partial charge in [-0.2, -0.15) is 0 Å². The summed E-state index contributed by atoms with van der Waals surface area (Å²) in [6, 6.07) is 42.7. The Morgan fingerprint density at radius 2 is 0.567 bits per heavy atom. The Balaban J connectivity index is 2.17. The van der Waals surface area contributed by atoms with Crippen molar-refractivity contribution < 1.29 is 8.85 Å². The van der Waals surface area contributed by atoms with Gasteiger partial charge in [0, 0.05) is 14.2 Å². The van der Waals surface area contributed by atoms with Crippen LogP contribution in [0.3, 0.4) is 0 Å². The Kier molecular flexibility index (Phi) is 6.11. The van der Waals surface area contributed by atoms with Crippen LogP contribution in [0.25, 0.3) is 0 Å². The quantitative estimate of drug-likeness (QED) is 0.423. The zero-order chi connectivity index (χ0) is 20.9. The third kappa shape index (κ3) is 3.18. The third-order valence-corrected chi connectivity index (χ3v) is 20.3. The molecule has 0 spiro atoms. The molecule has 4 rings (SSSR count). The minimum atomic E-state index is -2.87. The van der Waals surface area contributed by atoms with Gasteiger partial charge in [0.1, 0.15) is 0 Å². The number of hydrogen-bond donors (Lipinski definition) is 0. The number of rotatable bonds is 7. The molecule has 4 aromatic carbocycles. The van der Waals surface area contributed by atoms with Gasteiger partial charge < -0.3 is 8.85 Å². The van der Waals surface area contributed by atoms with Gasteiger partial charge in [-0.15, -0.1) is 0 Å². The van der Waals surface area contributed by atoms with Crippen molar-refractivity contribution in [3.63, 3.8) is 0 Å². The van der Waals surface area contributed by atoms with E-state index in [2.05, 4.69) is 121 Å². The van der Waals surface area contributed by atoms with Crippen molar-refractivity contribution in [1.29, 1.82) is 0 Å². The summed E-state index contributed by atoms with van der Waals surface area (Å²) >= 11 is 0. The normalized spacial score (nSPS) is 11.9. The maximum atomic E-state index is 6.75. The van der Waals surface area contributed by atoms with E-state index < -0.39 is 15.7 Å². The summed E-state index contributed by atoms with van der Waals surface area (Å²) in [4.78, 5) is 0. The molecule has 2 nitrogen and oxygen atoms in total. The molecular formula is C26H26O2Si2. The summed E-state index contributed by atoms with van der Waals surface area (Å²) in [6.07, 6.45) is 0. The molecule has 0 aliphatic rings. The fourth-order valence-electron chi connectivity index (χ4n) is 4.60. The lowest BCUT2D eigenvalue weighted by molar-refractivity contribution is 0.393. The van der Waals surface area contributed by atoms with Crippen LogP contribution in [0.1, 0.15) is 0 Å². The van der Waals surface area contributed by atoms with Crippen LogP contribution in [0.15, 0.2) is 121 Å². The van der Waals surface area contributed by atoms with E-state index in [0.717, 1.165) is 0 Å². The van der Waals surface area contributed by atoms with Crippen molar-refractivity contribution >= 4 is 36.4 Å². The van der Waals surface area contributed by atoms with Crippen LogP contribution in [0.2, 0.25) is 0 Å². The van der Waals surface area contributed by atoms with Crippen LogP contribution < -0.4 is 20.7 Å². The number of hydrogen-bond acceptors (Lipinski definition) is 2. The molecule has 0 fully saturated rings. The average molecular weight is 427 g/mol. The van der Waals surface area contributed by atoms with Gasteiger partial charge in [-0.3, -0.25) is 0 Å². The van der Waals surface area contributed by atoms with Crippen molar-refractivity contribution in [3.05, 3.63) is 121 Å². The predicted molar refractivity (Wildman–Crippen MR) is 130 cm³/mol. The fraction of sp³-hybridized carbons (Fsp3) is 0.0769. The van der Waals surface area contributed by atoms with E-state index in [4.69, 9.17) is 8.85 Å². The molecule has 4 aromatic rings. The maximum absolute atomic E-state index is 6.75. The molecule has 4 heteroatoms. The number of benzene rings is 4. The average Bonchev–Trinajstić information content (AvgIpc) is 2.85. The van der Waals surface area contributed by atoms with Crippen molar-refractivity contribution in [2.24, 2.45) is 0 Å². The molecule has 0 atom stereocenters. The first-order valence-electron chi connectivity index (χ1n) is 10.1. The summed E-state index contributed by atoms with van der Waals surface area (Å²) in [6.45, 7) is 0. The lowest BCUT2D eigenvalue weighted by atomic mass is 10.4. The molecule has 0 N–H and O–H groups in total. The van der Waals surface area contributed by atoms with Gasteiger partial charge in [-0.05, 0) is 20.7 Å². The summed E-state index contributed by atoms with van der Waals surface area (Å²) in [7, 11) is -2.01. The monoisotopic (exact) mass is 426 g/mol. The summed E-state index contributed by atoms with van der Waals surface area (Å²) in [5, 5.41) is 4.89. The maximum Gasteiger partial charge on any atom is 0.282 e. The lowest BCUT2D eigenvalue weighted by Crippen LogP contribution is -2.87. The van der Waals surface area contributed by atoms with Crippen LogP contribution in [-0.2, 0) is 8.85 Å². The Hall–Kier alpha value is -2.77. The minimum absolute atomic E-state index is 1.22. The largest absolute Gasteiger partial charge is 0.411 e. The third-order valence-electron chi connectivity index (χ3n) is 5.83. The standard InChI is InChI=1S/C26H26O2Si2/c1-27-29(23-15-7-3-8-16-23,24-17-9-4-10-18-24)30(28-2,25-19-11-5-12-20-25)26-21-13-6-14-22-26/h3-22H,1-2H3. The summed E-state index contributed by atoms with van der Waals surface area (Å²) < 4.78 is 13.5. The molecule has 0 unspecified atom stereocenters. The molecule has 0 saturated heterocycles. The molecular weight excluding hydrogens is 400 g/mol. The highest BCUT2D eigenvalue weighted by atomic mass is 29.3. The van der Waals surface area contributed by atoms with Gasteiger partial charge in [0.05, 0.1) is 0 Å². The first-order chi connectivity index (χ1) is 14.8. The van der Waals surface area contributed by atoms with Crippen LogP contribution in [-0.4, -0.2) is 29.9 Å². The van der Waals surface area contributed by atoms with Crippen LogP contribution >= 0.6 is 0 Å². The van der Waals surface area contributed by atoms with Crippen LogP contribution in [0.4, 0.5) is 0 Å². The minimum Gasteiger partial charge on any atom is -0.411 e. The van der Waals surface area contributed by atoms with Crippen molar-refractivity contribution in [2.75, 3.05) is 14.2 Å². The van der Waals surface area contributed by atoms with E-state index in [0.29, 0.717) is 0 Å². The zero-order valence-electron chi connectivity index (χ0n) is 17.4. The molecule has 0 bridgehead atoms. The van der Waals surface area contributed by atoms with Crippen molar-refractivity contribution in [2.45, 2.75) is 0 Å². The van der Waals surface area contributed by atoms with E-state index in [1.54, 1.807) is 0 Å². The fourth-order valence-corrected chi connectivity index (χ4v) is 19.7. The Morgan fingerprint density at radius 3 is 0.733 bits per heavy atom. The van der Waals surface area contributed by atoms with E-state index in [1.165, 1.54) is 20.7 Å². The first-order valence-corrected chi connectivity index (χ1v) is 14.9. The Morgan fingerprint density at radius 1 is 0.367 bits per heavy atom. The molecule has 0 heterocycles. The predicted octanol–water partition coefficient (Wildman–Crippen LogP) is 2.88. The molecule has 30 heavy (non-hydrogen) atoms. The van der Waals surface area contributed by atoms with Crippen molar-refractivity contribution in [1.82, 2.24) is 0 Å². The summed E-state index contributed by atoms with van der Waals surface area (Å²) in [5.41, 5.74) is 0. The topological polar surface area (TPSA) is 18.5 Å².